The number of ether oxygens (including phenoxy) is 1. The van der Waals surface area contributed by atoms with Crippen LogP contribution < -0.4 is 10.2 Å². The van der Waals surface area contributed by atoms with Gasteiger partial charge in [0.2, 0.25) is 0 Å². The van der Waals surface area contributed by atoms with E-state index in [4.69, 9.17) is 4.74 Å². The third-order valence-electron chi connectivity index (χ3n) is 4.92. The highest BCUT2D eigenvalue weighted by molar-refractivity contribution is 14.1. The second-order valence-corrected chi connectivity index (χ2v) is 8.59. The van der Waals surface area contributed by atoms with Crippen molar-refractivity contribution in [3.8, 4) is 11.3 Å². The predicted octanol–water partition coefficient (Wildman–Crippen LogP) is 4.61. The van der Waals surface area contributed by atoms with Crippen LogP contribution >= 0.6 is 22.6 Å². The van der Waals surface area contributed by atoms with E-state index in [-0.39, 0.29) is 18.1 Å². The van der Waals surface area contributed by atoms with Crippen LogP contribution in [0.2, 0.25) is 0 Å². The summed E-state index contributed by atoms with van der Waals surface area (Å²) in [5.41, 5.74) is 3.10. The molecule has 0 radical (unpaired) electrons. The summed E-state index contributed by atoms with van der Waals surface area (Å²) in [6, 6.07) is 15.3. The molecule has 3 heterocycles. The molecular formula is C23H23IN4O2. The number of hydrogen-bond donors (Lipinski definition) is 1. The van der Waals surface area contributed by atoms with Gasteiger partial charge in [0, 0.05) is 40.3 Å². The Hall–Kier alpha value is -2.52. The number of pyridine rings is 2. The molecule has 1 aliphatic heterocycles. The topological polar surface area (TPSA) is 67.4 Å². The van der Waals surface area contributed by atoms with Crippen LogP contribution in [0.5, 0.6) is 0 Å². The summed E-state index contributed by atoms with van der Waals surface area (Å²) in [6.45, 7) is 5.71. The van der Waals surface area contributed by atoms with Gasteiger partial charge in [-0.1, -0.05) is 6.07 Å². The maximum atomic E-state index is 12.7. The number of rotatable bonds is 4. The SMILES string of the molecule is CC1CN(c2ccc(C(=O)Nc3ccc(I)c(-c4ccccn4)c3)cn2)CC(C)O1. The first-order valence-corrected chi connectivity index (χ1v) is 11.0. The molecule has 1 aliphatic rings. The fourth-order valence-electron chi connectivity index (χ4n) is 3.60. The van der Waals surface area contributed by atoms with Gasteiger partial charge in [0.05, 0.1) is 23.5 Å². The second kappa shape index (κ2) is 9.09. The van der Waals surface area contributed by atoms with Crippen molar-refractivity contribution in [3.05, 3.63) is 70.1 Å². The highest BCUT2D eigenvalue weighted by atomic mass is 127. The number of nitrogens with zero attached hydrogens (tertiary/aromatic N) is 3. The molecule has 1 fully saturated rings. The highest BCUT2D eigenvalue weighted by Gasteiger charge is 2.23. The molecule has 154 valence electrons. The number of benzene rings is 1. The van der Waals surface area contributed by atoms with Crippen LogP contribution in [0.25, 0.3) is 11.3 Å². The van der Waals surface area contributed by atoms with Gasteiger partial charge in [-0.3, -0.25) is 9.78 Å². The first-order chi connectivity index (χ1) is 14.5. The molecule has 3 aromatic rings. The number of carbonyl (C=O) groups excluding carboxylic acids is 1. The molecule has 1 amide bonds. The first kappa shape index (κ1) is 20.7. The number of hydrogen-bond acceptors (Lipinski definition) is 5. The van der Waals surface area contributed by atoms with Gasteiger partial charge >= 0.3 is 0 Å². The first-order valence-electron chi connectivity index (χ1n) is 9.88. The maximum absolute atomic E-state index is 12.7. The van der Waals surface area contributed by atoms with Crippen molar-refractivity contribution in [2.24, 2.45) is 0 Å². The Morgan fingerprint density at radius 3 is 2.57 bits per heavy atom. The molecule has 0 bridgehead atoms. The minimum atomic E-state index is -0.189. The van der Waals surface area contributed by atoms with Gasteiger partial charge in [-0.15, -0.1) is 0 Å². The molecule has 1 saturated heterocycles. The van der Waals surface area contributed by atoms with Crippen LogP contribution in [0, 0.1) is 3.57 Å². The number of morpholine rings is 1. The molecule has 1 N–H and O–H groups in total. The van der Waals surface area contributed by atoms with E-state index in [0.717, 1.165) is 39.4 Å². The summed E-state index contributed by atoms with van der Waals surface area (Å²) < 4.78 is 6.85. The Labute approximate surface area is 189 Å². The smallest absolute Gasteiger partial charge is 0.257 e. The van der Waals surface area contributed by atoms with E-state index in [0.29, 0.717) is 5.56 Å². The summed E-state index contributed by atoms with van der Waals surface area (Å²) in [7, 11) is 0. The zero-order valence-corrected chi connectivity index (χ0v) is 19.0. The number of carbonyl (C=O) groups is 1. The third-order valence-corrected chi connectivity index (χ3v) is 5.86. The maximum Gasteiger partial charge on any atom is 0.257 e. The van der Waals surface area contributed by atoms with E-state index in [9.17, 15) is 4.79 Å². The standard InChI is InChI=1S/C23H23IN4O2/c1-15-13-28(14-16(2)30-15)22-9-6-17(12-26-22)23(29)27-18-7-8-20(24)19(11-18)21-5-3-4-10-25-21/h3-12,15-16H,13-14H2,1-2H3,(H,27,29). The molecule has 7 heteroatoms. The van der Waals surface area contributed by atoms with Crippen molar-refractivity contribution >= 4 is 40.0 Å². The van der Waals surface area contributed by atoms with Crippen molar-refractivity contribution in [2.45, 2.75) is 26.1 Å². The third kappa shape index (κ3) is 4.79. The van der Waals surface area contributed by atoms with E-state index in [1.165, 1.54) is 0 Å². The molecule has 4 rings (SSSR count). The zero-order chi connectivity index (χ0) is 21.1. The number of amides is 1. The summed E-state index contributed by atoms with van der Waals surface area (Å²) in [4.78, 5) is 23.9. The number of aromatic nitrogens is 2. The van der Waals surface area contributed by atoms with Crippen LogP contribution in [0.4, 0.5) is 11.5 Å². The molecule has 2 atom stereocenters. The van der Waals surface area contributed by atoms with Gasteiger partial charge in [0.1, 0.15) is 5.82 Å². The van der Waals surface area contributed by atoms with E-state index < -0.39 is 0 Å². The van der Waals surface area contributed by atoms with E-state index in [1.807, 2.05) is 48.5 Å². The lowest BCUT2D eigenvalue weighted by Gasteiger charge is -2.36. The highest BCUT2D eigenvalue weighted by Crippen LogP contribution is 2.27. The Morgan fingerprint density at radius 2 is 1.90 bits per heavy atom. The Kier molecular flexibility index (Phi) is 6.29. The van der Waals surface area contributed by atoms with E-state index in [2.05, 4.69) is 56.6 Å². The van der Waals surface area contributed by atoms with Crippen LogP contribution in [-0.2, 0) is 4.74 Å². The Balaban J connectivity index is 1.48. The van der Waals surface area contributed by atoms with Gasteiger partial charge in [-0.2, -0.15) is 0 Å². The number of nitrogens with one attached hydrogen (secondary N) is 1. The van der Waals surface area contributed by atoms with Crippen molar-refractivity contribution < 1.29 is 9.53 Å². The molecule has 2 unspecified atom stereocenters. The van der Waals surface area contributed by atoms with Crippen molar-refractivity contribution in [1.29, 1.82) is 0 Å². The van der Waals surface area contributed by atoms with Crippen LogP contribution in [-0.4, -0.2) is 41.2 Å². The van der Waals surface area contributed by atoms with Crippen LogP contribution in [0.15, 0.2) is 60.9 Å². The average molecular weight is 514 g/mol. The van der Waals surface area contributed by atoms with Gasteiger partial charge in [-0.25, -0.2) is 4.98 Å². The number of halogens is 1. The summed E-state index contributed by atoms with van der Waals surface area (Å²) in [6.07, 6.45) is 3.71. The fourth-order valence-corrected chi connectivity index (χ4v) is 4.21. The lowest BCUT2D eigenvalue weighted by Crippen LogP contribution is -2.45. The van der Waals surface area contributed by atoms with Crippen LogP contribution in [0.3, 0.4) is 0 Å². The summed E-state index contributed by atoms with van der Waals surface area (Å²) in [5, 5.41) is 2.97. The van der Waals surface area contributed by atoms with E-state index in [1.54, 1.807) is 12.4 Å². The van der Waals surface area contributed by atoms with Gasteiger partial charge in [0.25, 0.3) is 5.91 Å². The van der Waals surface area contributed by atoms with Gasteiger partial charge in [0.15, 0.2) is 0 Å². The lowest BCUT2D eigenvalue weighted by molar-refractivity contribution is -0.00546. The van der Waals surface area contributed by atoms with Gasteiger partial charge < -0.3 is 15.0 Å². The van der Waals surface area contributed by atoms with Gasteiger partial charge in [-0.05, 0) is 78.9 Å². The molecule has 30 heavy (non-hydrogen) atoms. The molecule has 1 aromatic carbocycles. The number of anilines is 2. The average Bonchev–Trinajstić information content (AvgIpc) is 2.75. The molecule has 2 aromatic heterocycles. The van der Waals surface area contributed by atoms with E-state index >= 15 is 0 Å². The Bertz CT molecular complexity index is 1020. The Morgan fingerprint density at radius 1 is 1.10 bits per heavy atom. The minimum Gasteiger partial charge on any atom is -0.372 e. The molecule has 6 nitrogen and oxygen atoms in total. The molecule has 0 aliphatic carbocycles. The lowest BCUT2D eigenvalue weighted by atomic mass is 10.1. The second-order valence-electron chi connectivity index (χ2n) is 7.43. The monoisotopic (exact) mass is 514 g/mol. The summed E-state index contributed by atoms with van der Waals surface area (Å²) >= 11 is 2.28. The molecular weight excluding hydrogens is 491 g/mol. The molecule has 0 spiro atoms. The van der Waals surface area contributed by atoms with Crippen molar-refractivity contribution in [3.63, 3.8) is 0 Å². The van der Waals surface area contributed by atoms with Crippen LogP contribution in [0.1, 0.15) is 24.2 Å². The largest absolute Gasteiger partial charge is 0.372 e. The van der Waals surface area contributed by atoms with Crippen molar-refractivity contribution in [2.75, 3.05) is 23.3 Å². The predicted molar refractivity (Wildman–Crippen MR) is 127 cm³/mol. The minimum absolute atomic E-state index is 0.160. The van der Waals surface area contributed by atoms with Crippen molar-refractivity contribution in [1.82, 2.24) is 9.97 Å². The fraction of sp³-hybridized carbons (Fsp3) is 0.261. The molecule has 0 saturated carbocycles. The quantitative estimate of drug-likeness (QED) is 0.515. The summed E-state index contributed by atoms with van der Waals surface area (Å²) in [5.74, 6) is 0.672. The normalized spacial score (nSPS) is 18.8. The zero-order valence-electron chi connectivity index (χ0n) is 16.9.